The lowest BCUT2D eigenvalue weighted by Crippen LogP contribution is -2.36. The van der Waals surface area contributed by atoms with Crippen molar-refractivity contribution in [2.75, 3.05) is 11.9 Å². The van der Waals surface area contributed by atoms with E-state index in [4.69, 9.17) is 0 Å². The first-order valence-corrected chi connectivity index (χ1v) is 8.81. The lowest BCUT2D eigenvalue weighted by Gasteiger charge is -2.12. The Morgan fingerprint density at radius 2 is 1.93 bits per heavy atom. The Morgan fingerprint density at radius 3 is 2.62 bits per heavy atom. The first-order valence-electron chi connectivity index (χ1n) is 8.00. The number of anilines is 1. The number of thioether (sulfide) groups is 1. The molecule has 3 rings (SSSR count). The maximum atomic E-state index is 13.6. The van der Waals surface area contributed by atoms with Gasteiger partial charge in [-0.3, -0.25) is 29.4 Å². The minimum atomic E-state index is -1.01. The highest BCUT2D eigenvalue weighted by molar-refractivity contribution is 8.18. The van der Waals surface area contributed by atoms with E-state index in [9.17, 15) is 33.3 Å². The van der Waals surface area contributed by atoms with Crippen LogP contribution in [0.15, 0.2) is 47.4 Å². The Labute approximate surface area is 166 Å². The molecule has 0 saturated carbocycles. The first-order chi connectivity index (χ1) is 13.8. The van der Waals surface area contributed by atoms with E-state index < -0.39 is 40.2 Å². The molecule has 2 aromatic rings. The molecule has 1 saturated heterocycles. The summed E-state index contributed by atoms with van der Waals surface area (Å²) in [5, 5.41) is 12.5. The van der Waals surface area contributed by atoms with Crippen molar-refractivity contribution in [2.24, 2.45) is 0 Å². The number of hydrogen-bond donors (Lipinski definition) is 1. The number of nitrogens with one attached hydrogen (secondary N) is 1. The van der Waals surface area contributed by atoms with Crippen LogP contribution in [0, 0.1) is 21.7 Å². The zero-order valence-corrected chi connectivity index (χ0v) is 15.2. The fourth-order valence-corrected chi connectivity index (χ4v) is 3.31. The minimum Gasteiger partial charge on any atom is -0.322 e. The molecule has 0 aliphatic carbocycles. The van der Waals surface area contributed by atoms with Crippen LogP contribution >= 0.6 is 11.8 Å². The Hall–Kier alpha value is -3.60. The van der Waals surface area contributed by atoms with E-state index in [1.807, 2.05) is 0 Å². The summed E-state index contributed by atoms with van der Waals surface area (Å²) in [5.41, 5.74) is -0.427. The summed E-state index contributed by atoms with van der Waals surface area (Å²) in [7, 11) is 0. The molecule has 1 N–H and O–H groups in total. The number of benzene rings is 2. The molecular weight excluding hydrogens is 408 g/mol. The number of carbonyl (C=O) groups is 3. The van der Waals surface area contributed by atoms with Crippen molar-refractivity contribution in [3.05, 3.63) is 74.7 Å². The van der Waals surface area contributed by atoms with Crippen molar-refractivity contribution in [3.8, 4) is 0 Å². The van der Waals surface area contributed by atoms with Gasteiger partial charge in [-0.1, -0.05) is 12.1 Å². The first kappa shape index (κ1) is 20.1. The van der Waals surface area contributed by atoms with E-state index in [2.05, 4.69) is 5.32 Å². The molecule has 11 heteroatoms. The highest BCUT2D eigenvalue weighted by atomic mass is 32.2. The average molecular weight is 419 g/mol. The summed E-state index contributed by atoms with van der Waals surface area (Å²) in [5.74, 6) is -3.52. The Kier molecular flexibility index (Phi) is 5.69. The van der Waals surface area contributed by atoms with E-state index in [1.54, 1.807) is 0 Å². The molecule has 0 spiro atoms. The largest absolute Gasteiger partial charge is 0.322 e. The van der Waals surface area contributed by atoms with E-state index in [-0.39, 0.29) is 21.8 Å². The number of halogens is 2. The van der Waals surface area contributed by atoms with Crippen LogP contribution in [-0.2, 0) is 9.59 Å². The Balaban J connectivity index is 1.75. The molecule has 0 atom stereocenters. The number of imide groups is 1. The van der Waals surface area contributed by atoms with Gasteiger partial charge in [0, 0.05) is 12.1 Å². The van der Waals surface area contributed by atoms with E-state index >= 15 is 0 Å². The summed E-state index contributed by atoms with van der Waals surface area (Å²) in [6.07, 6.45) is 1.20. The molecule has 1 aliphatic heterocycles. The molecule has 1 aliphatic rings. The van der Waals surface area contributed by atoms with Gasteiger partial charge in [-0.25, -0.2) is 8.78 Å². The van der Waals surface area contributed by atoms with E-state index in [1.165, 1.54) is 30.3 Å². The SMILES string of the molecule is O=C(CN1C(=O)S/C(=C/c2ccccc2[N+](=O)[O-])C1=O)Nc1ccc(F)cc1F. The molecular formula is C18H11F2N3O5S. The predicted molar refractivity (Wildman–Crippen MR) is 101 cm³/mol. The van der Waals surface area contributed by atoms with Crippen molar-refractivity contribution in [1.82, 2.24) is 4.90 Å². The van der Waals surface area contributed by atoms with Crippen molar-refractivity contribution in [2.45, 2.75) is 0 Å². The summed E-state index contributed by atoms with van der Waals surface area (Å²) in [6.45, 7) is -0.699. The fourth-order valence-electron chi connectivity index (χ4n) is 2.48. The summed E-state index contributed by atoms with van der Waals surface area (Å²) >= 11 is 0.523. The molecule has 2 aromatic carbocycles. The third kappa shape index (κ3) is 4.46. The van der Waals surface area contributed by atoms with E-state index in [0.29, 0.717) is 22.7 Å². The minimum absolute atomic E-state index is 0.0925. The van der Waals surface area contributed by atoms with Gasteiger partial charge in [0.2, 0.25) is 5.91 Å². The fraction of sp³-hybridized carbons (Fsp3) is 0.0556. The highest BCUT2D eigenvalue weighted by Gasteiger charge is 2.36. The van der Waals surface area contributed by atoms with Gasteiger partial charge in [-0.15, -0.1) is 0 Å². The quantitative estimate of drug-likeness (QED) is 0.451. The van der Waals surface area contributed by atoms with Crippen LogP contribution in [0.25, 0.3) is 6.08 Å². The summed E-state index contributed by atoms with van der Waals surface area (Å²) in [6, 6.07) is 8.18. The molecule has 1 fully saturated rings. The number of para-hydroxylation sites is 1. The molecule has 1 heterocycles. The van der Waals surface area contributed by atoms with Gasteiger partial charge in [-0.2, -0.15) is 0 Å². The number of hydrogen-bond acceptors (Lipinski definition) is 6. The number of rotatable bonds is 5. The maximum Gasteiger partial charge on any atom is 0.294 e. The van der Waals surface area contributed by atoms with Crippen LogP contribution in [-0.4, -0.2) is 33.4 Å². The Bertz CT molecular complexity index is 1070. The lowest BCUT2D eigenvalue weighted by molar-refractivity contribution is -0.385. The van der Waals surface area contributed by atoms with Crippen molar-refractivity contribution < 1.29 is 28.1 Å². The highest BCUT2D eigenvalue weighted by Crippen LogP contribution is 2.33. The second-order valence-corrected chi connectivity index (χ2v) is 6.75. The number of amides is 3. The molecule has 8 nitrogen and oxygen atoms in total. The van der Waals surface area contributed by atoms with Crippen LogP contribution in [0.1, 0.15) is 5.56 Å². The topological polar surface area (TPSA) is 110 Å². The number of nitrogens with zero attached hydrogens (tertiary/aromatic N) is 2. The molecule has 148 valence electrons. The van der Waals surface area contributed by atoms with Crippen molar-refractivity contribution in [1.29, 1.82) is 0 Å². The maximum absolute atomic E-state index is 13.6. The number of carbonyl (C=O) groups excluding carboxylic acids is 3. The number of nitro groups is 1. The van der Waals surface area contributed by atoms with Gasteiger partial charge in [-0.05, 0) is 36.0 Å². The molecule has 3 amide bonds. The predicted octanol–water partition coefficient (Wildman–Crippen LogP) is 3.55. The normalized spacial score (nSPS) is 15.1. The van der Waals surface area contributed by atoms with Gasteiger partial charge >= 0.3 is 0 Å². The molecule has 0 unspecified atom stereocenters. The second kappa shape index (κ2) is 8.19. The van der Waals surface area contributed by atoms with Crippen LogP contribution < -0.4 is 5.32 Å². The molecule has 0 radical (unpaired) electrons. The smallest absolute Gasteiger partial charge is 0.294 e. The molecule has 29 heavy (non-hydrogen) atoms. The van der Waals surface area contributed by atoms with Crippen LogP contribution in [0.3, 0.4) is 0 Å². The van der Waals surface area contributed by atoms with Crippen molar-refractivity contribution in [3.63, 3.8) is 0 Å². The monoisotopic (exact) mass is 419 g/mol. The Morgan fingerprint density at radius 1 is 1.21 bits per heavy atom. The van der Waals surface area contributed by atoms with Crippen molar-refractivity contribution >= 4 is 46.3 Å². The van der Waals surface area contributed by atoms with E-state index in [0.717, 1.165) is 12.1 Å². The number of nitro benzene ring substituents is 1. The molecule has 0 aromatic heterocycles. The summed E-state index contributed by atoms with van der Waals surface area (Å²) < 4.78 is 26.5. The third-order valence-corrected chi connectivity index (χ3v) is 4.71. The van der Waals surface area contributed by atoms with Gasteiger partial charge in [0.1, 0.15) is 18.2 Å². The zero-order chi connectivity index (χ0) is 21.1. The van der Waals surface area contributed by atoms with Gasteiger partial charge in [0.05, 0.1) is 21.1 Å². The second-order valence-electron chi connectivity index (χ2n) is 5.76. The zero-order valence-electron chi connectivity index (χ0n) is 14.4. The lowest BCUT2D eigenvalue weighted by atomic mass is 10.1. The standard InChI is InChI=1S/C18H11F2N3O5S/c19-11-5-6-13(12(20)8-11)21-16(24)9-22-17(25)15(29-18(22)26)7-10-3-1-2-4-14(10)23(27)28/h1-8H,9H2,(H,21,24)/b15-7+. The molecule has 0 bridgehead atoms. The average Bonchev–Trinajstić information content (AvgIpc) is 2.92. The van der Waals surface area contributed by atoms with Gasteiger partial charge < -0.3 is 5.32 Å². The van der Waals surface area contributed by atoms with Crippen LogP contribution in [0.4, 0.5) is 25.0 Å². The van der Waals surface area contributed by atoms with Crippen LogP contribution in [0.2, 0.25) is 0 Å². The van der Waals surface area contributed by atoms with Gasteiger partial charge in [0.15, 0.2) is 0 Å². The third-order valence-electron chi connectivity index (χ3n) is 3.80. The summed E-state index contributed by atoms with van der Waals surface area (Å²) in [4.78, 5) is 47.6. The van der Waals surface area contributed by atoms with Crippen LogP contribution in [0.5, 0.6) is 0 Å². The van der Waals surface area contributed by atoms with Gasteiger partial charge in [0.25, 0.3) is 16.8 Å².